The van der Waals surface area contributed by atoms with Crippen LogP contribution in [0.25, 0.3) is 0 Å². The molecule has 0 unspecified atom stereocenters. The van der Waals surface area contributed by atoms with Gasteiger partial charge in [0.25, 0.3) is 5.56 Å². The van der Waals surface area contributed by atoms with Crippen molar-refractivity contribution in [2.75, 3.05) is 17.3 Å². The molecule has 0 aliphatic rings. The second-order valence-electron chi connectivity index (χ2n) is 4.33. The van der Waals surface area contributed by atoms with Crippen molar-refractivity contribution in [1.29, 1.82) is 0 Å². The first-order valence-corrected chi connectivity index (χ1v) is 7.73. The van der Waals surface area contributed by atoms with Gasteiger partial charge in [-0.1, -0.05) is 6.92 Å². The van der Waals surface area contributed by atoms with Crippen molar-refractivity contribution in [2.24, 2.45) is 5.73 Å². The fourth-order valence-electron chi connectivity index (χ4n) is 1.63. The summed E-state index contributed by atoms with van der Waals surface area (Å²) in [6.07, 6.45) is 5.14. The highest BCUT2D eigenvalue weighted by atomic mass is 32.2. The molecule has 1 heterocycles. The highest BCUT2D eigenvalue weighted by Crippen LogP contribution is 2.06. The zero-order valence-corrected chi connectivity index (χ0v) is 12.2. The van der Waals surface area contributed by atoms with E-state index >= 15 is 0 Å². The number of anilines is 1. The Morgan fingerprint density at radius 2 is 2.26 bits per heavy atom. The normalized spacial score (nSPS) is 12.2. The molecular weight excluding hydrogens is 262 g/mol. The highest BCUT2D eigenvalue weighted by molar-refractivity contribution is 7.98. The first kappa shape index (κ1) is 15.8. The van der Waals surface area contributed by atoms with Gasteiger partial charge in [0.15, 0.2) is 0 Å². The molecule has 19 heavy (non-hydrogen) atoms. The molecule has 0 aliphatic carbocycles. The smallest absolute Gasteiger partial charge is 0.250 e. The molecule has 1 aromatic rings. The number of aryl methyl sites for hydroxylation is 1. The number of nitrogens with one attached hydrogen (secondary N) is 1. The first-order chi connectivity index (χ1) is 9.08. The molecule has 1 aromatic heterocycles. The fraction of sp³-hybridized carbons (Fsp3) is 0.538. The van der Waals surface area contributed by atoms with E-state index in [1.54, 1.807) is 28.6 Å². The van der Waals surface area contributed by atoms with Gasteiger partial charge in [0.2, 0.25) is 5.91 Å². The van der Waals surface area contributed by atoms with Crippen LogP contribution in [0.1, 0.15) is 19.8 Å². The molecule has 0 aliphatic heterocycles. The molecule has 3 N–H and O–H groups in total. The highest BCUT2D eigenvalue weighted by Gasteiger charge is 2.13. The molecule has 106 valence electrons. The minimum absolute atomic E-state index is 0.0634. The number of nitrogens with two attached hydrogens (primary N) is 1. The van der Waals surface area contributed by atoms with E-state index in [0.29, 0.717) is 18.7 Å². The quantitative estimate of drug-likeness (QED) is 0.790. The van der Waals surface area contributed by atoms with Crippen molar-refractivity contribution in [3.63, 3.8) is 0 Å². The Balaban J connectivity index is 2.68. The number of pyridine rings is 1. The van der Waals surface area contributed by atoms with Gasteiger partial charge in [0.1, 0.15) is 0 Å². The van der Waals surface area contributed by atoms with E-state index in [1.165, 1.54) is 6.07 Å². The van der Waals surface area contributed by atoms with Crippen LogP contribution in [0, 0.1) is 0 Å². The second-order valence-corrected chi connectivity index (χ2v) is 5.31. The zero-order chi connectivity index (χ0) is 14.3. The second kappa shape index (κ2) is 8.01. The van der Waals surface area contributed by atoms with Crippen molar-refractivity contribution >= 4 is 23.4 Å². The topological polar surface area (TPSA) is 77.1 Å². The van der Waals surface area contributed by atoms with Gasteiger partial charge in [0, 0.05) is 18.8 Å². The zero-order valence-electron chi connectivity index (χ0n) is 11.4. The molecule has 0 saturated heterocycles. The molecule has 0 bridgehead atoms. The van der Waals surface area contributed by atoms with Crippen molar-refractivity contribution < 1.29 is 4.79 Å². The summed E-state index contributed by atoms with van der Waals surface area (Å²) in [7, 11) is 0. The minimum Gasteiger partial charge on any atom is -0.323 e. The Kier molecular flexibility index (Phi) is 6.66. The van der Waals surface area contributed by atoms with Crippen molar-refractivity contribution in [1.82, 2.24) is 4.57 Å². The summed E-state index contributed by atoms with van der Waals surface area (Å²) in [5, 5.41) is 2.74. The van der Waals surface area contributed by atoms with Crippen LogP contribution in [0.15, 0.2) is 23.1 Å². The van der Waals surface area contributed by atoms with Gasteiger partial charge in [-0.2, -0.15) is 11.8 Å². The summed E-state index contributed by atoms with van der Waals surface area (Å²) in [6.45, 7) is 2.64. The largest absolute Gasteiger partial charge is 0.323 e. The predicted molar refractivity (Wildman–Crippen MR) is 80.6 cm³/mol. The van der Waals surface area contributed by atoms with Crippen LogP contribution in [0.2, 0.25) is 0 Å². The van der Waals surface area contributed by atoms with E-state index in [-0.39, 0.29) is 11.5 Å². The molecule has 5 nitrogen and oxygen atoms in total. The van der Waals surface area contributed by atoms with E-state index < -0.39 is 6.04 Å². The minimum atomic E-state index is -0.515. The van der Waals surface area contributed by atoms with Crippen LogP contribution < -0.4 is 16.6 Å². The Hall–Kier alpha value is -1.27. The molecule has 0 fully saturated rings. The number of carbonyl (C=O) groups is 1. The maximum atomic E-state index is 11.8. The van der Waals surface area contributed by atoms with Gasteiger partial charge in [0.05, 0.1) is 11.7 Å². The number of nitrogens with zero attached hydrogens (tertiary/aromatic N) is 1. The first-order valence-electron chi connectivity index (χ1n) is 6.34. The number of hydrogen-bond donors (Lipinski definition) is 2. The predicted octanol–water partition coefficient (Wildman–Crippen LogP) is 1.28. The summed E-state index contributed by atoms with van der Waals surface area (Å²) in [5.74, 6) is 0.639. The molecular formula is C13H21N3O2S. The summed E-state index contributed by atoms with van der Waals surface area (Å²) >= 11 is 1.66. The summed E-state index contributed by atoms with van der Waals surface area (Å²) in [4.78, 5) is 23.4. The van der Waals surface area contributed by atoms with Crippen LogP contribution in [0.5, 0.6) is 0 Å². The number of amides is 1. The molecule has 1 atom stereocenters. The van der Waals surface area contributed by atoms with Gasteiger partial charge in [-0.15, -0.1) is 0 Å². The lowest BCUT2D eigenvalue weighted by atomic mass is 10.2. The maximum Gasteiger partial charge on any atom is 0.250 e. The van der Waals surface area contributed by atoms with E-state index in [1.807, 2.05) is 13.2 Å². The van der Waals surface area contributed by atoms with Crippen LogP contribution in [0.3, 0.4) is 0 Å². The van der Waals surface area contributed by atoms with Crippen LogP contribution in [-0.2, 0) is 11.3 Å². The van der Waals surface area contributed by atoms with Crippen molar-refractivity contribution in [2.45, 2.75) is 32.4 Å². The number of hydrogen-bond acceptors (Lipinski definition) is 4. The molecule has 1 amide bonds. The monoisotopic (exact) mass is 283 g/mol. The number of aromatic nitrogens is 1. The Morgan fingerprint density at radius 1 is 1.53 bits per heavy atom. The summed E-state index contributed by atoms with van der Waals surface area (Å²) in [6, 6.07) is 2.55. The Morgan fingerprint density at radius 3 is 2.89 bits per heavy atom. The van der Waals surface area contributed by atoms with Gasteiger partial charge in [-0.3, -0.25) is 9.59 Å². The number of carbonyl (C=O) groups excluding carboxylic acids is 1. The Bertz CT molecular complexity index is 473. The lowest BCUT2D eigenvalue weighted by Gasteiger charge is -2.12. The molecule has 0 aromatic carbocycles. The third kappa shape index (κ3) is 5.08. The lowest BCUT2D eigenvalue weighted by molar-refractivity contribution is -0.117. The molecule has 0 spiro atoms. The molecule has 6 heteroatoms. The van der Waals surface area contributed by atoms with Crippen LogP contribution in [0.4, 0.5) is 5.69 Å². The van der Waals surface area contributed by atoms with Crippen molar-refractivity contribution in [3.8, 4) is 0 Å². The van der Waals surface area contributed by atoms with Crippen LogP contribution >= 0.6 is 11.8 Å². The third-order valence-electron chi connectivity index (χ3n) is 2.69. The molecule has 1 rings (SSSR count). The third-order valence-corrected chi connectivity index (χ3v) is 3.33. The average Bonchev–Trinajstić information content (AvgIpc) is 2.40. The molecule has 0 radical (unpaired) electrons. The fourth-order valence-corrected chi connectivity index (χ4v) is 2.12. The van der Waals surface area contributed by atoms with Gasteiger partial charge in [-0.05, 0) is 30.9 Å². The van der Waals surface area contributed by atoms with Gasteiger partial charge >= 0.3 is 0 Å². The summed E-state index contributed by atoms with van der Waals surface area (Å²) < 4.78 is 1.59. The van der Waals surface area contributed by atoms with Crippen molar-refractivity contribution in [3.05, 3.63) is 28.7 Å². The molecule has 0 saturated carbocycles. The van der Waals surface area contributed by atoms with E-state index in [2.05, 4.69) is 5.32 Å². The number of thioether (sulfide) groups is 1. The number of rotatable bonds is 7. The Labute approximate surface area is 117 Å². The SMILES string of the molecule is CCCn1cc(NC(=O)[C@@H](N)CCSC)ccc1=O. The van der Waals surface area contributed by atoms with Crippen LogP contribution in [-0.4, -0.2) is 28.5 Å². The standard InChI is InChI=1S/C13H21N3O2S/c1-3-7-16-9-10(4-5-12(16)17)15-13(18)11(14)6-8-19-2/h4-5,9,11H,3,6-8,14H2,1-2H3,(H,15,18)/t11-/m0/s1. The summed E-state index contributed by atoms with van der Waals surface area (Å²) in [5.41, 5.74) is 6.33. The van der Waals surface area contributed by atoms with E-state index in [9.17, 15) is 9.59 Å². The van der Waals surface area contributed by atoms with Gasteiger partial charge in [-0.25, -0.2) is 0 Å². The van der Waals surface area contributed by atoms with Gasteiger partial charge < -0.3 is 15.6 Å². The van der Waals surface area contributed by atoms with E-state index in [4.69, 9.17) is 5.73 Å². The average molecular weight is 283 g/mol. The lowest BCUT2D eigenvalue weighted by Crippen LogP contribution is -2.36. The van der Waals surface area contributed by atoms with E-state index in [0.717, 1.165) is 12.2 Å². The maximum absolute atomic E-state index is 11.8.